The number of nitrogens with zero attached hydrogens (tertiary/aromatic N) is 1. The summed E-state index contributed by atoms with van der Waals surface area (Å²) in [5.41, 5.74) is 0. The highest BCUT2D eigenvalue weighted by Gasteiger charge is 2.23. The molecular weight excluding hydrogens is 180 g/mol. The van der Waals surface area contributed by atoms with Crippen LogP contribution in [0.1, 0.15) is 19.8 Å². The Morgan fingerprint density at radius 1 is 1.64 bits per heavy atom. The van der Waals surface area contributed by atoms with Crippen LogP contribution in [0, 0.1) is 0 Å². The van der Waals surface area contributed by atoms with Crippen molar-refractivity contribution in [2.75, 3.05) is 13.1 Å². The normalized spacial score (nSPS) is 19.9. The summed E-state index contributed by atoms with van der Waals surface area (Å²) in [5, 5.41) is 2.57. The Balaban J connectivity index is 2.61. The molecule has 0 radical (unpaired) electrons. The topological polar surface area (TPSA) is 49.4 Å². The molecule has 0 bridgehead atoms. The number of carbonyl (C=O) groups excluding carboxylic acids is 2. The van der Waals surface area contributed by atoms with Gasteiger partial charge in [-0.05, 0) is 13.3 Å². The smallest absolute Gasteiger partial charge is 0.242 e. The number of amides is 2. The van der Waals surface area contributed by atoms with Crippen molar-refractivity contribution in [2.24, 2.45) is 0 Å². The number of rotatable bonds is 3. The van der Waals surface area contributed by atoms with E-state index in [2.05, 4.69) is 11.9 Å². The third kappa shape index (κ3) is 2.58. The average molecular weight is 196 g/mol. The Bertz CT molecular complexity index is 251. The van der Waals surface area contributed by atoms with E-state index in [1.807, 2.05) is 6.92 Å². The Morgan fingerprint density at radius 3 is 3.00 bits per heavy atom. The Kier molecular flexibility index (Phi) is 3.68. The molecule has 1 N–H and O–H groups in total. The van der Waals surface area contributed by atoms with Crippen molar-refractivity contribution >= 4 is 11.8 Å². The van der Waals surface area contributed by atoms with Crippen molar-refractivity contribution < 1.29 is 9.59 Å². The Morgan fingerprint density at radius 2 is 2.36 bits per heavy atom. The van der Waals surface area contributed by atoms with Gasteiger partial charge < -0.3 is 10.2 Å². The van der Waals surface area contributed by atoms with Crippen LogP contribution in [-0.4, -0.2) is 35.8 Å². The second-order valence-electron chi connectivity index (χ2n) is 3.49. The number of nitrogens with one attached hydrogen (secondary N) is 1. The molecule has 2 amide bonds. The fraction of sp³-hybridized carbons (Fsp3) is 0.600. The highest BCUT2D eigenvalue weighted by atomic mass is 16.2. The molecule has 1 unspecified atom stereocenters. The minimum Gasteiger partial charge on any atom is -0.347 e. The summed E-state index contributed by atoms with van der Waals surface area (Å²) in [5.74, 6) is -0.0585. The van der Waals surface area contributed by atoms with Gasteiger partial charge in [-0.25, -0.2) is 0 Å². The lowest BCUT2D eigenvalue weighted by molar-refractivity contribution is -0.131. The molecule has 1 fully saturated rings. The second kappa shape index (κ2) is 4.79. The zero-order valence-electron chi connectivity index (χ0n) is 8.45. The van der Waals surface area contributed by atoms with Gasteiger partial charge in [-0.3, -0.25) is 9.59 Å². The molecule has 1 rings (SSSR count). The van der Waals surface area contributed by atoms with Gasteiger partial charge in [0.2, 0.25) is 11.8 Å². The first-order valence-electron chi connectivity index (χ1n) is 4.82. The van der Waals surface area contributed by atoms with Crippen LogP contribution >= 0.6 is 0 Å². The molecule has 4 heteroatoms. The maximum absolute atomic E-state index is 11.6. The first-order valence-corrected chi connectivity index (χ1v) is 4.82. The highest BCUT2D eigenvalue weighted by Crippen LogP contribution is 2.07. The van der Waals surface area contributed by atoms with Crippen molar-refractivity contribution in [3.63, 3.8) is 0 Å². The summed E-state index contributed by atoms with van der Waals surface area (Å²) in [7, 11) is 0. The summed E-state index contributed by atoms with van der Waals surface area (Å²) >= 11 is 0. The number of hydrogen-bond acceptors (Lipinski definition) is 2. The van der Waals surface area contributed by atoms with E-state index < -0.39 is 0 Å². The molecule has 0 aromatic heterocycles. The van der Waals surface area contributed by atoms with Gasteiger partial charge in [-0.1, -0.05) is 6.08 Å². The largest absolute Gasteiger partial charge is 0.347 e. The van der Waals surface area contributed by atoms with Crippen LogP contribution in [0.25, 0.3) is 0 Å². The second-order valence-corrected chi connectivity index (χ2v) is 3.49. The van der Waals surface area contributed by atoms with Crippen LogP contribution in [0.3, 0.4) is 0 Å². The van der Waals surface area contributed by atoms with Gasteiger partial charge in [-0.2, -0.15) is 0 Å². The summed E-state index contributed by atoms with van der Waals surface area (Å²) in [6.07, 6.45) is 2.95. The summed E-state index contributed by atoms with van der Waals surface area (Å²) in [6, 6.07) is 0.132. The maximum Gasteiger partial charge on any atom is 0.242 e. The van der Waals surface area contributed by atoms with E-state index in [0.717, 1.165) is 6.42 Å². The molecule has 1 aliphatic rings. The molecule has 0 aromatic carbocycles. The third-order valence-corrected chi connectivity index (χ3v) is 2.38. The van der Waals surface area contributed by atoms with E-state index in [1.54, 1.807) is 11.0 Å². The lowest BCUT2D eigenvalue weighted by Gasteiger charge is -2.26. The van der Waals surface area contributed by atoms with E-state index >= 15 is 0 Å². The molecule has 0 aromatic rings. The molecule has 4 nitrogen and oxygen atoms in total. The van der Waals surface area contributed by atoms with Crippen LogP contribution in [-0.2, 0) is 9.59 Å². The van der Waals surface area contributed by atoms with Crippen LogP contribution < -0.4 is 5.32 Å². The summed E-state index contributed by atoms with van der Waals surface area (Å²) < 4.78 is 0. The quantitative estimate of drug-likeness (QED) is 0.660. The lowest BCUT2D eigenvalue weighted by Crippen LogP contribution is -2.40. The summed E-state index contributed by atoms with van der Waals surface area (Å²) in [4.78, 5) is 24.3. The van der Waals surface area contributed by atoms with Crippen LogP contribution in [0.5, 0.6) is 0 Å². The van der Waals surface area contributed by atoms with Gasteiger partial charge in [0.1, 0.15) is 0 Å². The van der Waals surface area contributed by atoms with Crippen molar-refractivity contribution in [1.29, 1.82) is 0 Å². The average Bonchev–Trinajstić information content (AvgIpc) is 2.30. The van der Waals surface area contributed by atoms with Gasteiger partial charge >= 0.3 is 0 Å². The van der Waals surface area contributed by atoms with E-state index in [1.165, 1.54) is 0 Å². The lowest BCUT2D eigenvalue weighted by atomic mass is 10.2. The van der Waals surface area contributed by atoms with Crippen LogP contribution in [0.2, 0.25) is 0 Å². The van der Waals surface area contributed by atoms with Gasteiger partial charge in [0.05, 0.1) is 6.54 Å². The fourth-order valence-corrected chi connectivity index (χ4v) is 1.55. The van der Waals surface area contributed by atoms with Crippen molar-refractivity contribution in [2.45, 2.75) is 25.8 Å². The predicted molar refractivity (Wildman–Crippen MR) is 53.6 cm³/mol. The molecule has 1 atom stereocenters. The summed E-state index contributed by atoms with van der Waals surface area (Å²) in [6.45, 7) is 6.24. The van der Waals surface area contributed by atoms with E-state index in [4.69, 9.17) is 0 Å². The van der Waals surface area contributed by atoms with E-state index in [-0.39, 0.29) is 24.4 Å². The minimum atomic E-state index is -0.0494. The molecule has 0 spiro atoms. The molecule has 1 heterocycles. The fourth-order valence-electron chi connectivity index (χ4n) is 1.55. The molecule has 78 valence electrons. The SMILES string of the molecule is C=CCC(C)N1CCC(=O)NCC1=O. The molecule has 14 heavy (non-hydrogen) atoms. The number of hydrogen-bond donors (Lipinski definition) is 1. The zero-order chi connectivity index (χ0) is 10.6. The zero-order valence-corrected chi connectivity index (χ0v) is 8.45. The van der Waals surface area contributed by atoms with Crippen molar-refractivity contribution in [1.82, 2.24) is 10.2 Å². The van der Waals surface area contributed by atoms with Gasteiger partial charge in [0.15, 0.2) is 0 Å². The first-order chi connectivity index (χ1) is 6.65. The van der Waals surface area contributed by atoms with Crippen molar-refractivity contribution in [3.05, 3.63) is 12.7 Å². The number of carbonyl (C=O) groups is 2. The van der Waals surface area contributed by atoms with Crippen LogP contribution in [0.15, 0.2) is 12.7 Å². The maximum atomic E-state index is 11.6. The standard InChI is InChI=1S/C10H16N2O2/c1-3-4-8(2)12-6-5-9(13)11-7-10(12)14/h3,8H,1,4-7H2,2H3,(H,11,13). The van der Waals surface area contributed by atoms with E-state index in [0.29, 0.717) is 13.0 Å². The Labute approximate surface area is 84.0 Å². The van der Waals surface area contributed by atoms with Gasteiger partial charge in [0, 0.05) is 19.0 Å². The molecule has 0 aliphatic carbocycles. The Hall–Kier alpha value is -1.32. The molecule has 1 saturated heterocycles. The predicted octanol–water partition coefficient (Wildman–Crippen LogP) is 0.299. The molecule has 1 aliphatic heterocycles. The van der Waals surface area contributed by atoms with Gasteiger partial charge in [0.25, 0.3) is 0 Å². The monoisotopic (exact) mass is 196 g/mol. The minimum absolute atomic E-state index is 0.00907. The molecular formula is C10H16N2O2. The molecule has 0 saturated carbocycles. The van der Waals surface area contributed by atoms with E-state index in [9.17, 15) is 9.59 Å². The van der Waals surface area contributed by atoms with Crippen LogP contribution in [0.4, 0.5) is 0 Å². The highest BCUT2D eigenvalue weighted by molar-refractivity contribution is 5.87. The van der Waals surface area contributed by atoms with Crippen molar-refractivity contribution in [3.8, 4) is 0 Å². The van der Waals surface area contributed by atoms with Gasteiger partial charge in [-0.15, -0.1) is 6.58 Å². The first kappa shape index (κ1) is 10.8. The third-order valence-electron chi connectivity index (χ3n) is 2.38.